The monoisotopic (exact) mass is 389 g/mol. The SMILES string of the molecule is CC1(O)CCC2C(CCC3C2CCC2(C)C(C(=O)CN4CC(O)C4)CCC32)C1. The molecule has 4 nitrogen and oxygen atoms in total. The second-order valence-corrected chi connectivity index (χ2v) is 11.7. The Hall–Kier alpha value is -0.450. The Bertz CT molecular complexity index is 627. The molecule has 8 unspecified atom stereocenters. The zero-order valence-corrected chi connectivity index (χ0v) is 17.8. The molecule has 4 aliphatic carbocycles. The van der Waals surface area contributed by atoms with Crippen molar-refractivity contribution >= 4 is 5.78 Å². The molecule has 158 valence electrons. The third kappa shape index (κ3) is 3.09. The van der Waals surface area contributed by atoms with E-state index in [2.05, 4.69) is 11.8 Å². The molecule has 0 bridgehead atoms. The van der Waals surface area contributed by atoms with Gasteiger partial charge in [0, 0.05) is 19.0 Å². The van der Waals surface area contributed by atoms with Gasteiger partial charge in [0.05, 0.1) is 18.2 Å². The third-order valence-electron chi connectivity index (χ3n) is 9.94. The summed E-state index contributed by atoms with van der Waals surface area (Å²) >= 11 is 0. The molecule has 1 heterocycles. The van der Waals surface area contributed by atoms with E-state index in [0.717, 1.165) is 48.9 Å². The zero-order chi connectivity index (χ0) is 19.7. The number of aliphatic hydroxyl groups is 2. The molecule has 2 N–H and O–H groups in total. The van der Waals surface area contributed by atoms with Gasteiger partial charge in [0.2, 0.25) is 0 Å². The van der Waals surface area contributed by atoms with Crippen LogP contribution >= 0.6 is 0 Å². The Morgan fingerprint density at radius 1 is 0.964 bits per heavy atom. The van der Waals surface area contributed by atoms with Gasteiger partial charge in [0.1, 0.15) is 5.78 Å². The number of aliphatic hydroxyl groups excluding tert-OH is 1. The maximum absolute atomic E-state index is 13.1. The van der Waals surface area contributed by atoms with Crippen LogP contribution in [0.15, 0.2) is 0 Å². The fraction of sp³-hybridized carbons (Fsp3) is 0.958. The van der Waals surface area contributed by atoms with Gasteiger partial charge in [-0.25, -0.2) is 0 Å². The van der Waals surface area contributed by atoms with E-state index in [4.69, 9.17) is 0 Å². The fourth-order valence-electron chi connectivity index (χ4n) is 8.61. The topological polar surface area (TPSA) is 60.8 Å². The predicted molar refractivity (Wildman–Crippen MR) is 109 cm³/mol. The number of rotatable bonds is 3. The molecular formula is C24H39NO3. The number of hydrogen-bond donors (Lipinski definition) is 2. The van der Waals surface area contributed by atoms with E-state index < -0.39 is 5.60 Å². The van der Waals surface area contributed by atoms with Crippen LogP contribution < -0.4 is 0 Å². The molecule has 1 aliphatic heterocycles. The average molecular weight is 390 g/mol. The number of fused-ring (bicyclic) bond motifs is 5. The van der Waals surface area contributed by atoms with Crippen molar-refractivity contribution in [3.05, 3.63) is 0 Å². The minimum atomic E-state index is -0.438. The molecule has 0 radical (unpaired) electrons. The lowest BCUT2D eigenvalue weighted by Crippen LogP contribution is -2.54. The van der Waals surface area contributed by atoms with Crippen molar-refractivity contribution in [3.8, 4) is 0 Å². The molecular weight excluding hydrogens is 350 g/mol. The van der Waals surface area contributed by atoms with Crippen LogP contribution in [0.4, 0.5) is 0 Å². The molecule has 0 aromatic carbocycles. The largest absolute Gasteiger partial charge is 0.390 e. The lowest BCUT2D eigenvalue weighted by Gasteiger charge is -2.57. The van der Waals surface area contributed by atoms with E-state index in [1.54, 1.807) is 0 Å². The van der Waals surface area contributed by atoms with Crippen LogP contribution in [0, 0.1) is 40.9 Å². The highest BCUT2D eigenvalue weighted by Crippen LogP contribution is 2.64. The molecule has 5 rings (SSSR count). The Morgan fingerprint density at radius 3 is 2.46 bits per heavy atom. The summed E-state index contributed by atoms with van der Waals surface area (Å²) < 4.78 is 0. The fourth-order valence-corrected chi connectivity index (χ4v) is 8.61. The van der Waals surface area contributed by atoms with Gasteiger partial charge in [0.15, 0.2) is 0 Å². The molecule has 5 aliphatic rings. The summed E-state index contributed by atoms with van der Waals surface area (Å²) in [7, 11) is 0. The van der Waals surface area contributed by atoms with Gasteiger partial charge in [-0.2, -0.15) is 0 Å². The minimum absolute atomic E-state index is 0.203. The van der Waals surface area contributed by atoms with E-state index >= 15 is 0 Å². The summed E-state index contributed by atoms with van der Waals surface area (Å²) in [6, 6.07) is 0. The summed E-state index contributed by atoms with van der Waals surface area (Å²) in [6.07, 6.45) is 10.4. The van der Waals surface area contributed by atoms with Gasteiger partial charge in [-0.05, 0) is 99.7 Å². The maximum Gasteiger partial charge on any atom is 0.150 e. The number of likely N-dealkylation sites (tertiary alicyclic amines) is 1. The van der Waals surface area contributed by atoms with Gasteiger partial charge < -0.3 is 10.2 Å². The number of hydrogen-bond acceptors (Lipinski definition) is 4. The van der Waals surface area contributed by atoms with Crippen LogP contribution in [-0.4, -0.2) is 52.2 Å². The first-order valence-electron chi connectivity index (χ1n) is 11.9. The van der Waals surface area contributed by atoms with Crippen LogP contribution in [0.1, 0.15) is 71.6 Å². The number of Topliss-reactive ketones (excluding diaryl/α,β-unsaturated/α-hetero) is 1. The van der Waals surface area contributed by atoms with Crippen molar-refractivity contribution in [1.29, 1.82) is 0 Å². The smallest absolute Gasteiger partial charge is 0.150 e. The first kappa shape index (κ1) is 19.5. The molecule has 1 saturated heterocycles. The van der Waals surface area contributed by atoms with Gasteiger partial charge in [-0.1, -0.05) is 6.92 Å². The van der Waals surface area contributed by atoms with Crippen LogP contribution in [0.3, 0.4) is 0 Å². The maximum atomic E-state index is 13.1. The Morgan fingerprint density at radius 2 is 1.71 bits per heavy atom. The summed E-state index contributed by atoms with van der Waals surface area (Å²) in [4.78, 5) is 15.2. The average Bonchev–Trinajstić information content (AvgIpc) is 2.96. The van der Waals surface area contributed by atoms with E-state index in [1.807, 2.05) is 6.92 Å². The highest BCUT2D eigenvalue weighted by molar-refractivity contribution is 5.84. The van der Waals surface area contributed by atoms with Crippen molar-refractivity contribution < 1.29 is 15.0 Å². The van der Waals surface area contributed by atoms with Crippen LogP contribution in [0.5, 0.6) is 0 Å². The normalized spacial score (nSPS) is 51.7. The molecule has 8 atom stereocenters. The van der Waals surface area contributed by atoms with E-state index in [1.165, 1.54) is 38.5 Å². The quantitative estimate of drug-likeness (QED) is 0.778. The number of carbonyl (C=O) groups is 1. The van der Waals surface area contributed by atoms with Crippen LogP contribution in [0.25, 0.3) is 0 Å². The first-order valence-corrected chi connectivity index (χ1v) is 11.9. The van der Waals surface area contributed by atoms with Crippen LogP contribution in [0.2, 0.25) is 0 Å². The van der Waals surface area contributed by atoms with Crippen molar-refractivity contribution in [2.75, 3.05) is 19.6 Å². The number of carbonyl (C=O) groups excluding carboxylic acids is 1. The second-order valence-electron chi connectivity index (χ2n) is 11.7. The Labute approximate surface area is 170 Å². The second kappa shape index (κ2) is 6.78. The van der Waals surface area contributed by atoms with Crippen LogP contribution in [-0.2, 0) is 4.79 Å². The number of nitrogens with zero attached hydrogens (tertiary/aromatic N) is 1. The molecule has 28 heavy (non-hydrogen) atoms. The van der Waals surface area contributed by atoms with Crippen molar-refractivity contribution in [2.24, 2.45) is 40.9 Å². The zero-order valence-electron chi connectivity index (χ0n) is 17.8. The number of ketones is 1. The Balaban J connectivity index is 1.28. The molecule has 0 amide bonds. The molecule has 4 heteroatoms. The van der Waals surface area contributed by atoms with Gasteiger partial charge >= 0.3 is 0 Å². The van der Waals surface area contributed by atoms with E-state index in [-0.39, 0.29) is 17.4 Å². The number of β-amino-alcohol motifs (C(OH)–C–C–N with tert-alkyl or cyclic N) is 1. The van der Waals surface area contributed by atoms with Crippen molar-refractivity contribution in [3.63, 3.8) is 0 Å². The van der Waals surface area contributed by atoms with Gasteiger partial charge in [-0.15, -0.1) is 0 Å². The first-order chi connectivity index (χ1) is 13.3. The molecule has 0 spiro atoms. The highest BCUT2D eigenvalue weighted by Gasteiger charge is 2.58. The highest BCUT2D eigenvalue weighted by atomic mass is 16.3. The van der Waals surface area contributed by atoms with Gasteiger partial charge in [-0.3, -0.25) is 9.69 Å². The van der Waals surface area contributed by atoms with Crippen molar-refractivity contribution in [2.45, 2.75) is 83.3 Å². The summed E-state index contributed by atoms with van der Waals surface area (Å²) in [5.41, 5.74) is -0.235. The lowest BCUT2D eigenvalue weighted by molar-refractivity contribution is -0.135. The minimum Gasteiger partial charge on any atom is -0.390 e. The lowest BCUT2D eigenvalue weighted by atomic mass is 9.49. The van der Waals surface area contributed by atoms with Gasteiger partial charge in [0.25, 0.3) is 0 Å². The summed E-state index contributed by atoms with van der Waals surface area (Å²) in [5, 5.41) is 20.1. The predicted octanol–water partition coefficient (Wildman–Crippen LogP) is 3.25. The summed E-state index contributed by atoms with van der Waals surface area (Å²) in [6.45, 7) is 6.38. The molecule has 5 fully saturated rings. The van der Waals surface area contributed by atoms with Crippen molar-refractivity contribution in [1.82, 2.24) is 4.90 Å². The third-order valence-corrected chi connectivity index (χ3v) is 9.94. The van der Waals surface area contributed by atoms with E-state index in [0.29, 0.717) is 25.4 Å². The Kier molecular flexibility index (Phi) is 4.73. The molecule has 0 aromatic heterocycles. The van der Waals surface area contributed by atoms with E-state index in [9.17, 15) is 15.0 Å². The molecule has 0 aromatic rings. The standard InChI is InChI=1S/C24H39NO3/c1-23(28)9-7-17-15(11-23)3-4-19-18(17)8-10-24(2)20(19)5-6-21(24)22(27)14-25-12-16(26)13-25/h15-21,26,28H,3-14H2,1-2H3. The molecule has 4 saturated carbocycles. The summed E-state index contributed by atoms with van der Waals surface area (Å²) in [5.74, 6) is 4.61.